The van der Waals surface area contributed by atoms with Crippen molar-refractivity contribution in [3.05, 3.63) is 46.3 Å². The highest BCUT2D eigenvalue weighted by molar-refractivity contribution is 7.12. The van der Waals surface area contributed by atoms with Gasteiger partial charge < -0.3 is 16.0 Å². The number of nitrogens with two attached hydrogens (primary N) is 1. The van der Waals surface area contributed by atoms with E-state index >= 15 is 0 Å². The number of aromatic nitrogens is 1. The predicted molar refractivity (Wildman–Crippen MR) is 121 cm³/mol. The van der Waals surface area contributed by atoms with Gasteiger partial charge in [-0.15, -0.1) is 36.2 Å². The van der Waals surface area contributed by atoms with E-state index < -0.39 is 0 Å². The largest absolute Gasteiger partial charge is 0.383 e. The summed E-state index contributed by atoms with van der Waals surface area (Å²) in [4.78, 5) is 4.29. The molecule has 146 valence electrons. The van der Waals surface area contributed by atoms with Gasteiger partial charge in [0.25, 0.3) is 0 Å². The summed E-state index contributed by atoms with van der Waals surface area (Å²) in [5.41, 5.74) is 10.6. The van der Waals surface area contributed by atoms with Crippen molar-refractivity contribution in [1.82, 2.24) is 10.3 Å². The van der Waals surface area contributed by atoms with Gasteiger partial charge in [-0.1, -0.05) is 12.5 Å². The van der Waals surface area contributed by atoms with Crippen molar-refractivity contribution in [2.45, 2.75) is 37.6 Å². The number of aromatic amines is 1. The van der Waals surface area contributed by atoms with E-state index in [0.717, 1.165) is 16.0 Å². The molecule has 1 fully saturated rings. The average molecular weight is 425 g/mol. The second-order valence-electron chi connectivity index (χ2n) is 6.93. The van der Waals surface area contributed by atoms with Crippen molar-refractivity contribution in [1.29, 1.82) is 5.41 Å². The number of rotatable bonds is 4. The number of thiophene rings is 1. The summed E-state index contributed by atoms with van der Waals surface area (Å²) in [5.74, 6) is 0.744. The number of hydrogen-bond acceptors (Lipinski definition) is 3. The highest BCUT2D eigenvalue weighted by atomic mass is 35.5. The number of H-pyrrole nitrogens is 1. The van der Waals surface area contributed by atoms with Gasteiger partial charge in [0.15, 0.2) is 0 Å². The van der Waals surface area contributed by atoms with Crippen LogP contribution in [-0.4, -0.2) is 23.9 Å². The molecule has 4 rings (SSSR count). The lowest BCUT2D eigenvalue weighted by Crippen LogP contribution is -2.30. The predicted octanol–water partition coefficient (Wildman–Crippen LogP) is 5.27. The van der Waals surface area contributed by atoms with Crippen LogP contribution in [0.4, 0.5) is 0 Å². The number of nitrogen functional groups attached to an aromatic ring is 1. The number of nitrogens with one attached hydrogen (secondary N) is 3. The fraction of sp³-hybridized carbons (Fsp3) is 0.350. The number of halogens is 2. The molecule has 0 aliphatic heterocycles. The molecule has 2 heterocycles. The molecule has 27 heavy (non-hydrogen) atoms. The maximum atomic E-state index is 7.80. The van der Waals surface area contributed by atoms with Crippen LogP contribution in [-0.2, 0) is 0 Å². The molecular weight excluding hydrogens is 399 g/mol. The first-order chi connectivity index (χ1) is 12.2. The van der Waals surface area contributed by atoms with E-state index in [4.69, 9.17) is 11.1 Å². The Morgan fingerprint density at radius 2 is 2.07 bits per heavy atom. The Morgan fingerprint density at radius 3 is 2.81 bits per heavy atom. The number of hydrogen-bond donors (Lipinski definition) is 4. The van der Waals surface area contributed by atoms with Crippen LogP contribution in [0.25, 0.3) is 22.0 Å². The molecule has 4 nitrogen and oxygen atoms in total. The maximum absolute atomic E-state index is 7.80. The van der Waals surface area contributed by atoms with Crippen LogP contribution in [0.5, 0.6) is 0 Å². The number of benzene rings is 1. The molecule has 2 unspecified atom stereocenters. The molecule has 0 saturated heterocycles. The van der Waals surface area contributed by atoms with Crippen molar-refractivity contribution in [3.63, 3.8) is 0 Å². The Kier molecular flexibility index (Phi) is 7.34. The Balaban J connectivity index is 0.00000131. The molecular formula is C20H26Cl2N4S. The third-order valence-electron chi connectivity index (χ3n) is 5.46. The second kappa shape index (κ2) is 9.11. The third-order valence-corrected chi connectivity index (χ3v) is 6.40. The minimum atomic E-state index is 0. The average Bonchev–Trinajstić information content (AvgIpc) is 3.28. The number of amidine groups is 1. The molecule has 1 aromatic carbocycles. The molecule has 0 spiro atoms. The van der Waals surface area contributed by atoms with Gasteiger partial charge >= 0.3 is 0 Å². The minimum absolute atomic E-state index is 0. The minimum Gasteiger partial charge on any atom is -0.383 e. The second-order valence-corrected chi connectivity index (χ2v) is 7.85. The van der Waals surface area contributed by atoms with Crippen LogP contribution in [0.2, 0.25) is 0 Å². The lowest BCUT2D eigenvalue weighted by atomic mass is 9.81. The van der Waals surface area contributed by atoms with Gasteiger partial charge in [0.05, 0.1) is 4.88 Å². The summed E-state index contributed by atoms with van der Waals surface area (Å²) in [7, 11) is 2.07. The zero-order chi connectivity index (χ0) is 17.4. The van der Waals surface area contributed by atoms with Gasteiger partial charge in [0.1, 0.15) is 5.84 Å². The summed E-state index contributed by atoms with van der Waals surface area (Å²) >= 11 is 1.53. The van der Waals surface area contributed by atoms with Gasteiger partial charge in [-0.2, -0.15) is 0 Å². The standard InChI is InChI=1S/C20H24N4S.2ClH/c1-23-14-4-2-3-12(9-14)17-11-24-18-6-5-13(10-16(17)18)15-7-8-25-19(15)20(21)22;;/h5-8,10-12,14,23-24H,2-4,9H2,1H3,(H3,21,22);2*1H. The topological polar surface area (TPSA) is 77.7 Å². The molecule has 2 aromatic heterocycles. The van der Waals surface area contributed by atoms with Gasteiger partial charge in [-0.25, -0.2) is 0 Å². The molecule has 1 aliphatic carbocycles. The molecule has 2 atom stereocenters. The highest BCUT2D eigenvalue weighted by Crippen LogP contribution is 2.38. The Morgan fingerprint density at radius 1 is 1.26 bits per heavy atom. The van der Waals surface area contributed by atoms with Crippen LogP contribution in [0, 0.1) is 5.41 Å². The molecule has 0 amide bonds. The SMILES string of the molecule is CNC1CCCC(c2c[nH]c3ccc(-c4ccsc4C(=N)N)cc23)C1.Cl.Cl. The van der Waals surface area contributed by atoms with E-state index in [1.165, 1.54) is 53.5 Å². The third kappa shape index (κ3) is 4.16. The lowest BCUT2D eigenvalue weighted by molar-refractivity contribution is 0.356. The van der Waals surface area contributed by atoms with E-state index in [0.29, 0.717) is 12.0 Å². The van der Waals surface area contributed by atoms with E-state index in [9.17, 15) is 0 Å². The zero-order valence-electron chi connectivity index (χ0n) is 15.2. The summed E-state index contributed by atoms with van der Waals surface area (Å²) in [5, 5.41) is 14.6. The smallest absolute Gasteiger partial charge is 0.133 e. The summed E-state index contributed by atoms with van der Waals surface area (Å²) in [6.45, 7) is 0. The van der Waals surface area contributed by atoms with Crippen LogP contribution in [0.1, 0.15) is 42.0 Å². The molecule has 3 aromatic rings. The van der Waals surface area contributed by atoms with Crippen molar-refractivity contribution in [3.8, 4) is 11.1 Å². The summed E-state index contributed by atoms with van der Waals surface area (Å²) in [6.07, 6.45) is 7.20. The monoisotopic (exact) mass is 424 g/mol. The van der Waals surface area contributed by atoms with Crippen LogP contribution >= 0.6 is 36.2 Å². The summed E-state index contributed by atoms with van der Waals surface area (Å²) < 4.78 is 0. The van der Waals surface area contributed by atoms with Crippen molar-refractivity contribution in [2.24, 2.45) is 5.73 Å². The molecule has 1 aliphatic rings. The zero-order valence-corrected chi connectivity index (χ0v) is 17.7. The Bertz CT molecular complexity index is 918. The maximum Gasteiger partial charge on any atom is 0.133 e. The van der Waals surface area contributed by atoms with E-state index in [2.05, 4.69) is 47.8 Å². The first kappa shape index (κ1) is 21.8. The molecule has 0 radical (unpaired) electrons. The van der Waals surface area contributed by atoms with Crippen molar-refractivity contribution < 1.29 is 0 Å². The Labute approximate surface area is 176 Å². The van der Waals surface area contributed by atoms with E-state index in [1.807, 2.05) is 5.38 Å². The molecule has 1 saturated carbocycles. The van der Waals surface area contributed by atoms with Gasteiger partial charge in [0.2, 0.25) is 0 Å². The number of fused-ring (bicyclic) bond motifs is 1. The fourth-order valence-corrected chi connectivity index (χ4v) is 4.91. The van der Waals surface area contributed by atoms with Gasteiger partial charge in [-0.3, -0.25) is 5.41 Å². The quantitative estimate of drug-likeness (QED) is 0.340. The first-order valence-corrected chi connectivity index (χ1v) is 9.76. The molecule has 7 heteroatoms. The Hall–Kier alpha value is -1.53. The fourth-order valence-electron chi connectivity index (χ4n) is 4.13. The normalized spacial score (nSPS) is 19.3. The van der Waals surface area contributed by atoms with Crippen LogP contribution in [0.15, 0.2) is 35.8 Å². The van der Waals surface area contributed by atoms with Crippen LogP contribution in [0.3, 0.4) is 0 Å². The first-order valence-electron chi connectivity index (χ1n) is 8.88. The van der Waals surface area contributed by atoms with Gasteiger partial charge in [-0.05, 0) is 66.9 Å². The molecule has 5 N–H and O–H groups in total. The van der Waals surface area contributed by atoms with Crippen molar-refractivity contribution >= 4 is 52.9 Å². The van der Waals surface area contributed by atoms with Gasteiger partial charge in [0, 0.05) is 28.7 Å². The highest BCUT2D eigenvalue weighted by Gasteiger charge is 2.24. The van der Waals surface area contributed by atoms with E-state index in [1.54, 1.807) is 0 Å². The lowest BCUT2D eigenvalue weighted by Gasteiger charge is -2.28. The van der Waals surface area contributed by atoms with Crippen LogP contribution < -0.4 is 11.1 Å². The van der Waals surface area contributed by atoms with E-state index in [-0.39, 0.29) is 30.6 Å². The summed E-state index contributed by atoms with van der Waals surface area (Å²) in [6, 6.07) is 9.21. The molecule has 0 bridgehead atoms. The van der Waals surface area contributed by atoms with Crippen molar-refractivity contribution in [2.75, 3.05) is 7.05 Å².